The number of nitrogens with two attached hydrogens (primary N) is 1. The number of nitrogens with one attached hydrogen (secondary N) is 1. The summed E-state index contributed by atoms with van der Waals surface area (Å²) < 4.78 is 6.10. The monoisotopic (exact) mass is 284 g/mol. The van der Waals surface area contributed by atoms with Crippen molar-refractivity contribution in [3.63, 3.8) is 0 Å². The van der Waals surface area contributed by atoms with Crippen LogP contribution >= 0.6 is 0 Å². The van der Waals surface area contributed by atoms with E-state index in [0.29, 0.717) is 0 Å². The lowest BCUT2D eigenvalue weighted by atomic mass is 9.84. The third kappa shape index (κ3) is 2.29. The molecule has 2 aliphatic rings. The second-order valence-electron chi connectivity index (χ2n) is 7.03. The molecule has 3 nitrogen and oxygen atoms in total. The number of aryl methyl sites for hydroxylation is 1. The van der Waals surface area contributed by atoms with Gasteiger partial charge < -0.3 is 4.42 Å². The Morgan fingerprint density at radius 2 is 2.24 bits per heavy atom. The zero-order valence-corrected chi connectivity index (χ0v) is 12.6. The zero-order chi connectivity index (χ0) is 14.4. The fourth-order valence-corrected chi connectivity index (χ4v) is 4.63. The standard InChI is InChI=1S/C18H24N2O/c1-11-3-2-4-14-10-17(21-18(11)14)16(20-19)9-15-8-12-5-6-13(15)7-12/h2-4,10,12-13,15-16,20H,5-9,19H2,1H3. The summed E-state index contributed by atoms with van der Waals surface area (Å²) in [6, 6.07) is 8.58. The van der Waals surface area contributed by atoms with Crippen molar-refractivity contribution in [2.75, 3.05) is 0 Å². The Labute approximate surface area is 125 Å². The maximum atomic E-state index is 6.10. The van der Waals surface area contributed by atoms with Gasteiger partial charge in [0.2, 0.25) is 0 Å². The van der Waals surface area contributed by atoms with Crippen molar-refractivity contribution in [1.82, 2.24) is 5.43 Å². The first-order valence-electron chi connectivity index (χ1n) is 8.19. The highest BCUT2D eigenvalue weighted by atomic mass is 16.3. The normalized spacial score (nSPS) is 29.3. The molecule has 3 heteroatoms. The summed E-state index contributed by atoms with van der Waals surface area (Å²) in [5.74, 6) is 9.55. The molecule has 112 valence electrons. The molecular formula is C18H24N2O. The molecule has 0 saturated heterocycles. The summed E-state index contributed by atoms with van der Waals surface area (Å²) in [4.78, 5) is 0. The number of rotatable bonds is 4. The number of hydrazine groups is 1. The first kappa shape index (κ1) is 13.4. The largest absolute Gasteiger partial charge is 0.459 e. The molecule has 1 aromatic carbocycles. The van der Waals surface area contributed by atoms with E-state index in [0.717, 1.165) is 35.5 Å². The second kappa shape index (κ2) is 5.15. The van der Waals surface area contributed by atoms with Crippen molar-refractivity contribution in [3.05, 3.63) is 35.6 Å². The Balaban J connectivity index is 1.58. The van der Waals surface area contributed by atoms with Gasteiger partial charge in [-0.05, 0) is 62.0 Å². The molecule has 2 saturated carbocycles. The lowest BCUT2D eigenvalue weighted by molar-refractivity contribution is 0.266. The van der Waals surface area contributed by atoms with Crippen molar-refractivity contribution >= 4 is 11.0 Å². The van der Waals surface area contributed by atoms with Gasteiger partial charge in [-0.25, -0.2) is 5.43 Å². The van der Waals surface area contributed by atoms with Crippen LogP contribution in [0.4, 0.5) is 0 Å². The molecule has 2 fully saturated rings. The van der Waals surface area contributed by atoms with Crippen LogP contribution in [0.3, 0.4) is 0 Å². The molecule has 4 rings (SSSR count). The fraction of sp³-hybridized carbons (Fsp3) is 0.556. The number of hydrogen-bond donors (Lipinski definition) is 2. The molecule has 1 heterocycles. The predicted octanol–water partition coefficient (Wildman–Crippen LogP) is 4.07. The van der Waals surface area contributed by atoms with Crippen molar-refractivity contribution in [2.45, 2.75) is 45.1 Å². The maximum Gasteiger partial charge on any atom is 0.137 e. The Bertz CT molecular complexity index is 648. The summed E-state index contributed by atoms with van der Waals surface area (Å²) in [6.07, 6.45) is 6.82. The Kier molecular flexibility index (Phi) is 3.27. The third-order valence-corrected chi connectivity index (χ3v) is 5.73. The third-order valence-electron chi connectivity index (χ3n) is 5.73. The first-order valence-corrected chi connectivity index (χ1v) is 8.19. The number of para-hydroxylation sites is 1. The van der Waals surface area contributed by atoms with Gasteiger partial charge in [-0.15, -0.1) is 0 Å². The van der Waals surface area contributed by atoms with Crippen LogP contribution in [0.1, 0.15) is 49.5 Å². The van der Waals surface area contributed by atoms with Crippen LogP contribution in [0.2, 0.25) is 0 Å². The number of benzene rings is 1. The molecule has 0 aliphatic heterocycles. The summed E-state index contributed by atoms with van der Waals surface area (Å²) in [5, 5.41) is 1.18. The predicted molar refractivity (Wildman–Crippen MR) is 84.6 cm³/mol. The highest BCUT2D eigenvalue weighted by molar-refractivity contribution is 5.80. The van der Waals surface area contributed by atoms with Gasteiger partial charge in [0.05, 0.1) is 6.04 Å². The topological polar surface area (TPSA) is 51.2 Å². The second-order valence-corrected chi connectivity index (χ2v) is 7.03. The van der Waals surface area contributed by atoms with E-state index in [1.54, 1.807) is 0 Å². The van der Waals surface area contributed by atoms with Gasteiger partial charge in [0.25, 0.3) is 0 Å². The van der Waals surface area contributed by atoms with Gasteiger partial charge in [-0.1, -0.05) is 24.6 Å². The van der Waals surface area contributed by atoms with Crippen LogP contribution in [0.15, 0.2) is 28.7 Å². The van der Waals surface area contributed by atoms with Gasteiger partial charge in [-0.3, -0.25) is 5.84 Å². The SMILES string of the molecule is Cc1cccc2cc(C(CC3CC4CCC3C4)NN)oc12. The molecule has 4 unspecified atom stereocenters. The minimum Gasteiger partial charge on any atom is -0.459 e. The van der Waals surface area contributed by atoms with E-state index in [-0.39, 0.29) is 6.04 Å². The summed E-state index contributed by atoms with van der Waals surface area (Å²) in [7, 11) is 0. The van der Waals surface area contributed by atoms with Crippen LogP contribution in [0.5, 0.6) is 0 Å². The number of fused-ring (bicyclic) bond motifs is 3. The van der Waals surface area contributed by atoms with Crippen LogP contribution < -0.4 is 11.3 Å². The van der Waals surface area contributed by atoms with Crippen LogP contribution in [-0.4, -0.2) is 0 Å². The van der Waals surface area contributed by atoms with Crippen molar-refractivity contribution < 1.29 is 4.42 Å². The highest BCUT2D eigenvalue weighted by Crippen LogP contribution is 2.51. The lowest BCUT2D eigenvalue weighted by Gasteiger charge is -2.25. The van der Waals surface area contributed by atoms with Gasteiger partial charge in [0, 0.05) is 5.39 Å². The number of furan rings is 1. The van der Waals surface area contributed by atoms with E-state index in [1.807, 2.05) is 0 Å². The van der Waals surface area contributed by atoms with E-state index in [2.05, 4.69) is 36.6 Å². The van der Waals surface area contributed by atoms with Gasteiger partial charge in [0.1, 0.15) is 11.3 Å². The molecule has 0 spiro atoms. The van der Waals surface area contributed by atoms with Gasteiger partial charge >= 0.3 is 0 Å². The lowest BCUT2D eigenvalue weighted by Crippen LogP contribution is -2.30. The molecule has 2 bridgehead atoms. The Morgan fingerprint density at radius 3 is 2.90 bits per heavy atom. The van der Waals surface area contributed by atoms with Crippen LogP contribution in [0.25, 0.3) is 11.0 Å². The summed E-state index contributed by atoms with van der Waals surface area (Å²) in [5.41, 5.74) is 5.18. The van der Waals surface area contributed by atoms with Crippen LogP contribution in [-0.2, 0) is 0 Å². The highest BCUT2D eigenvalue weighted by Gasteiger charge is 2.40. The molecule has 3 N–H and O–H groups in total. The minimum absolute atomic E-state index is 0.140. The van der Waals surface area contributed by atoms with E-state index >= 15 is 0 Å². The average molecular weight is 284 g/mol. The summed E-state index contributed by atoms with van der Waals surface area (Å²) >= 11 is 0. The molecule has 21 heavy (non-hydrogen) atoms. The summed E-state index contributed by atoms with van der Waals surface area (Å²) in [6.45, 7) is 2.09. The van der Waals surface area contributed by atoms with E-state index in [9.17, 15) is 0 Å². The first-order chi connectivity index (χ1) is 10.2. The minimum atomic E-state index is 0.140. The fourth-order valence-electron chi connectivity index (χ4n) is 4.63. The van der Waals surface area contributed by atoms with Crippen molar-refractivity contribution in [3.8, 4) is 0 Å². The van der Waals surface area contributed by atoms with E-state index < -0.39 is 0 Å². The van der Waals surface area contributed by atoms with E-state index in [1.165, 1.54) is 36.6 Å². The molecule has 0 radical (unpaired) electrons. The van der Waals surface area contributed by atoms with Crippen molar-refractivity contribution in [2.24, 2.45) is 23.6 Å². The molecule has 2 aromatic rings. The molecule has 4 atom stereocenters. The zero-order valence-electron chi connectivity index (χ0n) is 12.6. The molecular weight excluding hydrogens is 260 g/mol. The average Bonchev–Trinajstić information content (AvgIpc) is 3.19. The van der Waals surface area contributed by atoms with E-state index in [4.69, 9.17) is 10.3 Å². The smallest absolute Gasteiger partial charge is 0.137 e. The maximum absolute atomic E-state index is 6.10. The quantitative estimate of drug-likeness (QED) is 0.657. The Hall–Kier alpha value is -1.32. The molecule has 0 amide bonds. The van der Waals surface area contributed by atoms with Gasteiger partial charge in [-0.2, -0.15) is 0 Å². The molecule has 2 aliphatic carbocycles. The van der Waals surface area contributed by atoms with Crippen molar-refractivity contribution in [1.29, 1.82) is 0 Å². The van der Waals surface area contributed by atoms with Gasteiger partial charge in [0.15, 0.2) is 0 Å². The molecule has 1 aromatic heterocycles. The van der Waals surface area contributed by atoms with Crippen LogP contribution in [0, 0.1) is 24.7 Å². The number of hydrogen-bond acceptors (Lipinski definition) is 3. The Morgan fingerprint density at radius 1 is 1.33 bits per heavy atom.